The van der Waals surface area contributed by atoms with Crippen LogP contribution in [0.1, 0.15) is 34.6 Å². The van der Waals surface area contributed by atoms with Gasteiger partial charge in [0.25, 0.3) is 0 Å². The van der Waals surface area contributed by atoms with Gasteiger partial charge in [-0.3, -0.25) is 9.59 Å². The molecule has 0 bridgehead atoms. The molecule has 0 aromatic carbocycles. The first kappa shape index (κ1) is 14.0. The van der Waals surface area contributed by atoms with Crippen LogP contribution in [0, 0.1) is 23.7 Å². The van der Waals surface area contributed by atoms with Crippen molar-refractivity contribution in [1.82, 2.24) is 0 Å². The van der Waals surface area contributed by atoms with Gasteiger partial charge in [-0.1, -0.05) is 39.3 Å². The van der Waals surface area contributed by atoms with E-state index in [1.807, 2.05) is 6.92 Å². The fraction of sp³-hybridized carbons (Fsp3) is 0.529. The highest BCUT2D eigenvalue weighted by Crippen LogP contribution is 2.41. The van der Waals surface area contributed by atoms with Crippen LogP contribution in [-0.4, -0.2) is 11.6 Å². The first-order chi connectivity index (χ1) is 8.84. The fourth-order valence-corrected chi connectivity index (χ4v) is 2.95. The summed E-state index contributed by atoms with van der Waals surface area (Å²) in [6.45, 7) is 10.6. The molecule has 0 spiro atoms. The monoisotopic (exact) mass is 258 g/mol. The smallest absolute Gasteiger partial charge is 0.183 e. The first-order valence-electron chi connectivity index (χ1n) is 7.03. The van der Waals surface area contributed by atoms with Crippen molar-refractivity contribution >= 4 is 11.6 Å². The predicted octanol–water partition coefficient (Wildman–Crippen LogP) is 3.50. The van der Waals surface area contributed by atoms with Gasteiger partial charge in [-0.25, -0.2) is 0 Å². The van der Waals surface area contributed by atoms with Crippen molar-refractivity contribution in [1.29, 1.82) is 0 Å². The van der Waals surface area contributed by atoms with Gasteiger partial charge < -0.3 is 0 Å². The highest BCUT2D eigenvalue weighted by atomic mass is 16.1. The summed E-state index contributed by atoms with van der Waals surface area (Å²) in [6, 6.07) is 0. The molecule has 0 N–H and O–H groups in total. The maximum Gasteiger partial charge on any atom is 0.183 e. The van der Waals surface area contributed by atoms with E-state index >= 15 is 0 Å². The molecule has 102 valence electrons. The lowest BCUT2D eigenvalue weighted by Crippen LogP contribution is -2.32. The van der Waals surface area contributed by atoms with E-state index in [1.54, 1.807) is 0 Å². The van der Waals surface area contributed by atoms with E-state index in [2.05, 4.69) is 33.8 Å². The molecule has 0 radical (unpaired) electrons. The Morgan fingerprint density at radius 2 is 1.53 bits per heavy atom. The van der Waals surface area contributed by atoms with Crippen molar-refractivity contribution in [3.05, 3.63) is 34.9 Å². The second-order valence-corrected chi connectivity index (χ2v) is 6.15. The number of ketones is 2. The van der Waals surface area contributed by atoms with Crippen LogP contribution in [0.15, 0.2) is 34.9 Å². The average Bonchev–Trinajstić information content (AvgIpc) is 2.36. The van der Waals surface area contributed by atoms with Gasteiger partial charge in [0.15, 0.2) is 11.6 Å². The average molecular weight is 258 g/mol. The Morgan fingerprint density at radius 1 is 1.00 bits per heavy atom. The summed E-state index contributed by atoms with van der Waals surface area (Å²) in [5.41, 5.74) is 2.67. The number of carbonyl (C=O) groups excluding carboxylic acids is 2. The Kier molecular flexibility index (Phi) is 3.62. The molecule has 0 fully saturated rings. The minimum atomic E-state index is 0.00973. The van der Waals surface area contributed by atoms with Crippen molar-refractivity contribution in [3.63, 3.8) is 0 Å². The van der Waals surface area contributed by atoms with Gasteiger partial charge in [-0.15, -0.1) is 0 Å². The third-order valence-electron chi connectivity index (χ3n) is 4.72. The first-order valence-corrected chi connectivity index (χ1v) is 7.03. The van der Waals surface area contributed by atoms with Crippen LogP contribution in [-0.2, 0) is 9.59 Å². The summed E-state index contributed by atoms with van der Waals surface area (Å²) in [7, 11) is 0. The lowest BCUT2D eigenvalue weighted by Gasteiger charge is -2.35. The lowest BCUT2D eigenvalue weighted by molar-refractivity contribution is -0.116. The Morgan fingerprint density at radius 3 is 2.05 bits per heavy atom. The molecular weight excluding hydrogens is 236 g/mol. The molecule has 2 aliphatic carbocycles. The van der Waals surface area contributed by atoms with E-state index in [0.717, 1.165) is 11.1 Å². The number of carbonyl (C=O) groups is 2. The molecule has 2 nitrogen and oxygen atoms in total. The second-order valence-electron chi connectivity index (χ2n) is 6.15. The summed E-state index contributed by atoms with van der Waals surface area (Å²) in [5, 5.41) is 0. The highest BCUT2D eigenvalue weighted by Gasteiger charge is 2.37. The van der Waals surface area contributed by atoms with Crippen molar-refractivity contribution in [2.24, 2.45) is 23.7 Å². The van der Waals surface area contributed by atoms with Gasteiger partial charge in [-0.2, -0.15) is 0 Å². The lowest BCUT2D eigenvalue weighted by atomic mass is 9.68. The predicted molar refractivity (Wildman–Crippen MR) is 76.6 cm³/mol. The fourth-order valence-electron chi connectivity index (χ4n) is 2.95. The Balaban J connectivity index is 2.55. The van der Waals surface area contributed by atoms with E-state index in [9.17, 15) is 9.59 Å². The molecule has 3 unspecified atom stereocenters. The molecule has 19 heavy (non-hydrogen) atoms. The maximum atomic E-state index is 12.2. The van der Waals surface area contributed by atoms with Crippen molar-refractivity contribution in [2.45, 2.75) is 34.6 Å². The molecule has 0 heterocycles. The Bertz CT molecular complexity index is 517. The minimum absolute atomic E-state index is 0.00973. The largest absolute Gasteiger partial charge is 0.290 e. The summed E-state index contributed by atoms with van der Waals surface area (Å²) >= 11 is 0. The molecule has 3 atom stereocenters. The van der Waals surface area contributed by atoms with E-state index in [4.69, 9.17) is 0 Å². The zero-order chi connectivity index (χ0) is 14.3. The Labute approximate surface area is 115 Å². The number of hydrogen-bond acceptors (Lipinski definition) is 2. The summed E-state index contributed by atoms with van der Waals surface area (Å²) in [5.74, 6) is 0.999. The molecule has 0 saturated carbocycles. The summed E-state index contributed by atoms with van der Waals surface area (Å²) in [6.07, 6.45) is 5.05. The van der Waals surface area contributed by atoms with E-state index in [1.165, 1.54) is 17.7 Å². The van der Waals surface area contributed by atoms with E-state index < -0.39 is 0 Å². The number of allylic oxidation sites excluding steroid dienone is 6. The topological polar surface area (TPSA) is 34.1 Å². The summed E-state index contributed by atoms with van der Waals surface area (Å²) in [4.78, 5) is 24.4. The second kappa shape index (κ2) is 4.92. The van der Waals surface area contributed by atoms with Gasteiger partial charge in [0.05, 0.1) is 0 Å². The molecule has 0 aromatic heterocycles. The van der Waals surface area contributed by atoms with Gasteiger partial charge in [0.1, 0.15) is 0 Å². The highest BCUT2D eigenvalue weighted by molar-refractivity contribution is 6.21. The molecule has 2 heteroatoms. The molecule has 2 rings (SSSR count). The van der Waals surface area contributed by atoms with Gasteiger partial charge in [0.2, 0.25) is 0 Å². The molecule has 0 aliphatic heterocycles. The molecule has 0 aromatic rings. The van der Waals surface area contributed by atoms with Crippen LogP contribution in [0.2, 0.25) is 0 Å². The summed E-state index contributed by atoms with van der Waals surface area (Å²) < 4.78 is 0. The van der Waals surface area contributed by atoms with Crippen LogP contribution in [0.3, 0.4) is 0 Å². The minimum Gasteiger partial charge on any atom is -0.290 e. The van der Waals surface area contributed by atoms with Crippen LogP contribution in [0.5, 0.6) is 0 Å². The van der Waals surface area contributed by atoms with Crippen LogP contribution in [0.4, 0.5) is 0 Å². The van der Waals surface area contributed by atoms with Crippen LogP contribution in [0.25, 0.3) is 0 Å². The normalized spacial score (nSPS) is 28.6. The van der Waals surface area contributed by atoms with Crippen molar-refractivity contribution < 1.29 is 9.59 Å². The maximum absolute atomic E-state index is 12.2. The van der Waals surface area contributed by atoms with E-state index in [-0.39, 0.29) is 23.4 Å². The number of hydrogen-bond donors (Lipinski definition) is 0. The molecular formula is C17H22O2. The van der Waals surface area contributed by atoms with Gasteiger partial charge >= 0.3 is 0 Å². The van der Waals surface area contributed by atoms with Crippen LogP contribution < -0.4 is 0 Å². The van der Waals surface area contributed by atoms with Gasteiger partial charge in [0, 0.05) is 23.0 Å². The molecule has 0 saturated heterocycles. The third-order valence-corrected chi connectivity index (χ3v) is 4.72. The molecule has 0 amide bonds. The zero-order valence-electron chi connectivity index (χ0n) is 12.4. The van der Waals surface area contributed by atoms with Crippen molar-refractivity contribution in [2.75, 3.05) is 0 Å². The van der Waals surface area contributed by atoms with Crippen molar-refractivity contribution in [3.8, 4) is 0 Å². The third kappa shape index (κ3) is 2.24. The number of rotatable bonds is 2. The molecule has 2 aliphatic rings. The standard InChI is InChI=1S/C17H22O2/c1-9(2)11(4)13-8-10(3)12(5)16-14(18)6-7-15(19)17(13)16/h6-9,11-13H,1-5H3. The zero-order valence-corrected chi connectivity index (χ0v) is 12.4. The SMILES string of the molecule is CC1=CC(C(C)C(C)C)C2=C(C(=O)C=CC2=O)C1C. The van der Waals surface area contributed by atoms with Crippen LogP contribution >= 0.6 is 0 Å². The quantitative estimate of drug-likeness (QED) is 0.561. The van der Waals surface area contributed by atoms with E-state index in [0.29, 0.717) is 11.8 Å². The Hall–Kier alpha value is -1.44. The van der Waals surface area contributed by atoms with Gasteiger partial charge in [-0.05, 0) is 30.9 Å².